The largest absolute Gasteiger partial charge is 0.367 e. The Kier molecular flexibility index (Phi) is 3.80. The first-order valence-electron chi connectivity index (χ1n) is 5.92. The van der Waals surface area contributed by atoms with E-state index in [1.807, 2.05) is 31.2 Å². The summed E-state index contributed by atoms with van der Waals surface area (Å²) in [5, 5.41) is 3.37. The molecule has 1 aromatic carbocycles. The summed E-state index contributed by atoms with van der Waals surface area (Å²) < 4.78 is 0. The molecule has 0 spiro atoms. The van der Waals surface area contributed by atoms with Crippen molar-refractivity contribution in [3.63, 3.8) is 0 Å². The molecule has 0 unspecified atom stereocenters. The van der Waals surface area contributed by atoms with Crippen molar-refractivity contribution in [2.24, 2.45) is 0 Å². The van der Waals surface area contributed by atoms with Crippen LogP contribution in [-0.2, 0) is 9.59 Å². The molecule has 6 heteroatoms. The van der Waals surface area contributed by atoms with Gasteiger partial charge in [-0.1, -0.05) is 17.7 Å². The van der Waals surface area contributed by atoms with Crippen LogP contribution in [0.4, 0.5) is 5.69 Å². The number of carbonyl (C=O) groups excluding carboxylic acids is 2. The monoisotopic (exact) mass is 277 g/mol. The first-order chi connectivity index (χ1) is 8.99. The average molecular weight is 277 g/mol. The van der Waals surface area contributed by atoms with Crippen LogP contribution < -0.4 is 5.32 Å². The molecule has 0 aromatic heterocycles. The van der Waals surface area contributed by atoms with E-state index >= 15 is 0 Å². The minimum absolute atomic E-state index is 0.0315. The number of benzene rings is 1. The molecule has 0 saturated carbocycles. The highest BCUT2D eigenvalue weighted by Crippen LogP contribution is 2.13. The van der Waals surface area contributed by atoms with Crippen molar-refractivity contribution in [1.82, 2.24) is 9.80 Å². The topological polar surface area (TPSA) is 52.7 Å². The van der Waals surface area contributed by atoms with E-state index in [9.17, 15) is 9.59 Å². The number of aryl methyl sites for hydroxylation is 1. The van der Waals surface area contributed by atoms with Crippen LogP contribution in [0.15, 0.2) is 24.3 Å². The minimum Gasteiger partial charge on any atom is -0.367 e. The summed E-state index contributed by atoms with van der Waals surface area (Å²) >= 11 is 5.12. The van der Waals surface area contributed by atoms with E-state index < -0.39 is 0 Å². The zero-order chi connectivity index (χ0) is 14.0. The van der Waals surface area contributed by atoms with E-state index in [2.05, 4.69) is 5.32 Å². The predicted molar refractivity (Wildman–Crippen MR) is 76.5 cm³/mol. The fourth-order valence-electron chi connectivity index (χ4n) is 1.78. The summed E-state index contributed by atoms with van der Waals surface area (Å²) in [6, 6.07) is 7.83. The molecule has 1 aliphatic heterocycles. The van der Waals surface area contributed by atoms with Gasteiger partial charge in [0.05, 0.1) is 6.67 Å². The zero-order valence-electron chi connectivity index (χ0n) is 10.8. The van der Waals surface area contributed by atoms with Gasteiger partial charge in [0.25, 0.3) is 0 Å². The number of rotatable bonds is 3. The van der Waals surface area contributed by atoms with Crippen molar-refractivity contribution in [3.8, 4) is 0 Å². The van der Waals surface area contributed by atoms with E-state index in [1.54, 1.807) is 0 Å². The van der Waals surface area contributed by atoms with E-state index in [4.69, 9.17) is 12.2 Å². The van der Waals surface area contributed by atoms with Gasteiger partial charge in [0, 0.05) is 12.6 Å². The Morgan fingerprint density at radius 3 is 2.53 bits per heavy atom. The van der Waals surface area contributed by atoms with Crippen molar-refractivity contribution in [2.75, 3.05) is 18.5 Å². The van der Waals surface area contributed by atoms with Crippen LogP contribution in [0.3, 0.4) is 0 Å². The average Bonchev–Trinajstić information content (AvgIpc) is 2.65. The lowest BCUT2D eigenvalue weighted by atomic mass is 10.2. The first-order valence-corrected chi connectivity index (χ1v) is 6.33. The van der Waals surface area contributed by atoms with Crippen LogP contribution in [0.25, 0.3) is 0 Å². The van der Waals surface area contributed by atoms with Crippen molar-refractivity contribution >= 4 is 34.8 Å². The Morgan fingerprint density at radius 1 is 1.37 bits per heavy atom. The Morgan fingerprint density at radius 2 is 2.00 bits per heavy atom. The van der Waals surface area contributed by atoms with E-state index in [-0.39, 0.29) is 30.1 Å². The minimum atomic E-state index is -0.212. The highest BCUT2D eigenvalue weighted by molar-refractivity contribution is 7.80. The Bertz CT molecular complexity index is 527. The molecule has 0 atom stereocenters. The van der Waals surface area contributed by atoms with E-state index in [1.165, 1.54) is 22.3 Å². The molecule has 1 heterocycles. The summed E-state index contributed by atoms with van der Waals surface area (Å²) in [5.74, 6) is -0.379. The van der Waals surface area contributed by atoms with Crippen LogP contribution in [-0.4, -0.2) is 39.9 Å². The van der Waals surface area contributed by atoms with Gasteiger partial charge in [-0.25, -0.2) is 0 Å². The molecular formula is C13H15N3O2S. The third-order valence-electron chi connectivity index (χ3n) is 2.93. The number of nitrogens with zero attached hydrogens (tertiary/aromatic N) is 2. The lowest BCUT2D eigenvalue weighted by molar-refractivity contribution is -0.129. The highest BCUT2D eigenvalue weighted by atomic mass is 32.1. The van der Waals surface area contributed by atoms with E-state index in [0.29, 0.717) is 0 Å². The fourth-order valence-corrected chi connectivity index (χ4v) is 2.14. The summed E-state index contributed by atoms with van der Waals surface area (Å²) in [6.45, 7) is 3.71. The molecule has 1 aliphatic rings. The second-order valence-corrected chi connectivity index (χ2v) is 4.78. The molecule has 1 aromatic rings. The number of amides is 2. The smallest absolute Gasteiger partial charge is 0.250 e. The molecule has 19 heavy (non-hydrogen) atoms. The van der Waals surface area contributed by atoms with Gasteiger partial charge in [0.2, 0.25) is 11.8 Å². The molecule has 2 rings (SSSR count). The van der Waals surface area contributed by atoms with Crippen LogP contribution in [0, 0.1) is 6.92 Å². The number of carbonyl (C=O) groups is 2. The molecule has 1 saturated heterocycles. The second-order valence-electron chi connectivity index (χ2n) is 4.41. The zero-order valence-corrected chi connectivity index (χ0v) is 11.7. The second kappa shape index (κ2) is 5.36. The summed E-state index contributed by atoms with van der Waals surface area (Å²) in [7, 11) is 0. The number of hydrogen-bond donors (Lipinski definition) is 1. The van der Waals surface area contributed by atoms with Gasteiger partial charge < -0.3 is 5.32 Å². The molecule has 0 aliphatic carbocycles. The van der Waals surface area contributed by atoms with Gasteiger partial charge in [0.15, 0.2) is 5.11 Å². The van der Waals surface area contributed by atoms with Gasteiger partial charge >= 0.3 is 0 Å². The molecule has 1 fully saturated rings. The number of thiocarbonyl (C=S) groups is 1. The number of hydrogen-bond acceptors (Lipinski definition) is 4. The fraction of sp³-hybridized carbons (Fsp3) is 0.308. The third-order valence-corrected chi connectivity index (χ3v) is 3.37. The van der Waals surface area contributed by atoms with Gasteiger partial charge in [-0.05, 0) is 31.3 Å². The standard InChI is InChI=1S/C13H15N3O2S/c1-9-3-5-11(6-4-9)14-8-16-12(18)7-15(10(2)17)13(16)19/h3-6,14H,7-8H2,1-2H3. The number of anilines is 1. The van der Waals surface area contributed by atoms with Crippen molar-refractivity contribution in [2.45, 2.75) is 13.8 Å². The Labute approximate surface area is 117 Å². The maximum Gasteiger partial charge on any atom is 0.250 e. The summed E-state index contributed by atoms with van der Waals surface area (Å²) in [5.41, 5.74) is 2.07. The Hall–Kier alpha value is -1.95. The lowest BCUT2D eigenvalue weighted by Crippen LogP contribution is -2.37. The van der Waals surface area contributed by atoms with Gasteiger partial charge in [-0.3, -0.25) is 19.4 Å². The number of nitrogens with one attached hydrogen (secondary N) is 1. The third kappa shape index (κ3) is 2.90. The Balaban J connectivity index is 2.00. The summed E-state index contributed by atoms with van der Waals surface area (Å²) in [6.07, 6.45) is 0. The first kappa shape index (κ1) is 13.5. The normalized spacial score (nSPS) is 15.1. The van der Waals surface area contributed by atoms with Crippen LogP contribution in [0.2, 0.25) is 0 Å². The SMILES string of the molecule is CC(=O)N1CC(=O)N(CNc2ccc(C)cc2)C1=S. The van der Waals surface area contributed by atoms with Crippen molar-refractivity contribution < 1.29 is 9.59 Å². The quantitative estimate of drug-likeness (QED) is 0.847. The molecule has 2 amide bonds. The predicted octanol–water partition coefficient (Wildman–Crippen LogP) is 1.34. The molecule has 5 nitrogen and oxygen atoms in total. The maximum absolute atomic E-state index is 11.8. The van der Waals surface area contributed by atoms with Crippen LogP contribution >= 0.6 is 12.2 Å². The van der Waals surface area contributed by atoms with Crippen molar-refractivity contribution in [1.29, 1.82) is 0 Å². The van der Waals surface area contributed by atoms with Crippen LogP contribution in [0.5, 0.6) is 0 Å². The molecule has 0 bridgehead atoms. The van der Waals surface area contributed by atoms with Gasteiger partial charge in [-0.15, -0.1) is 0 Å². The molecule has 100 valence electrons. The molecular weight excluding hydrogens is 262 g/mol. The van der Waals surface area contributed by atoms with Gasteiger partial charge in [0.1, 0.15) is 6.54 Å². The van der Waals surface area contributed by atoms with Gasteiger partial charge in [-0.2, -0.15) is 0 Å². The van der Waals surface area contributed by atoms with E-state index in [0.717, 1.165) is 5.69 Å². The maximum atomic E-state index is 11.8. The molecule has 1 N–H and O–H groups in total. The van der Waals surface area contributed by atoms with Crippen molar-refractivity contribution in [3.05, 3.63) is 29.8 Å². The van der Waals surface area contributed by atoms with Crippen LogP contribution in [0.1, 0.15) is 12.5 Å². The molecule has 0 radical (unpaired) electrons. The highest BCUT2D eigenvalue weighted by Gasteiger charge is 2.34. The lowest BCUT2D eigenvalue weighted by Gasteiger charge is -2.19. The summed E-state index contributed by atoms with van der Waals surface area (Å²) in [4.78, 5) is 25.8.